The number of carbonyl (C=O) groups excluding carboxylic acids is 9. The molecule has 23 nitrogen and oxygen atoms in total. The number of nitrogens with one attached hydrogen (secondary N) is 4. The molecule has 2 saturated heterocycles. The second kappa shape index (κ2) is 32.3. The van der Waals surface area contributed by atoms with Crippen LogP contribution in [0.3, 0.4) is 0 Å². The van der Waals surface area contributed by atoms with Gasteiger partial charge in [-0.15, -0.1) is 0 Å². The summed E-state index contributed by atoms with van der Waals surface area (Å²) in [6, 6.07) is 22.7. The Balaban J connectivity index is 0.000000259. The van der Waals surface area contributed by atoms with Crippen molar-refractivity contribution >= 4 is 115 Å². The average molecular weight is 1310 g/mol. The van der Waals surface area contributed by atoms with Crippen molar-refractivity contribution in [2.75, 3.05) is 35.3 Å². The molecule has 2 fully saturated rings. The summed E-state index contributed by atoms with van der Waals surface area (Å²) in [6.45, 7) is 13.7. The van der Waals surface area contributed by atoms with Crippen LogP contribution < -0.4 is 25.7 Å². The first-order valence-corrected chi connectivity index (χ1v) is 33.1. The second-order valence-electron chi connectivity index (χ2n) is 23.2. The van der Waals surface area contributed by atoms with E-state index >= 15 is 0 Å². The number of unbranched alkanes of at least 4 members (excludes halogenated alkanes) is 10. The molecule has 488 valence electrons. The third-order valence-electron chi connectivity index (χ3n) is 15.9. The monoisotopic (exact) mass is 1310 g/mol. The lowest BCUT2D eigenvalue weighted by atomic mass is 9.92. The number of rotatable bonds is 30. The summed E-state index contributed by atoms with van der Waals surface area (Å²) in [6.07, 6.45) is 9.42. The van der Waals surface area contributed by atoms with E-state index in [1.165, 1.54) is 76.4 Å². The summed E-state index contributed by atoms with van der Waals surface area (Å²) in [4.78, 5) is 120. The lowest BCUT2D eigenvalue weighted by Gasteiger charge is -2.24. The highest BCUT2D eigenvalue weighted by atomic mass is 35.5. The number of imide groups is 2. The number of cyclic esters (lactones) is 2. The molecule has 5 atom stereocenters. The van der Waals surface area contributed by atoms with E-state index in [9.17, 15) is 51.6 Å². The quantitative estimate of drug-likeness (QED) is 0.0279. The molecule has 8 rings (SSSR count). The Labute approximate surface area is 541 Å². The first-order chi connectivity index (χ1) is 43.4. The van der Waals surface area contributed by atoms with Gasteiger partial charge in [0, 0.05) is 37.5 Å². The number of Topliss-reactive ketones (excluding diaryl/α,β-unsaturated/α-hetero) is 2. The fourth-order valence-corrected chi connectivity index (χ4v) is 12.1. The molecule has 0 spiro atoms. The highest BCUT2D eigenvalue weighted by molar-refractivity contribution is 7.89. The normalized spacial score (nSPS) is 18.4. The summed E-state index contributed by atoms with van der Waals surface area (Å²) in [5, 5.41) is 20.1. The van der Waals surface area contributed by atoms with E-state index in [0.717, 1.165) is 62.6 Å². The van der Waals surface area contributed by atoms with Crippen molar-refractivity contribution in [3.05, 3.63) is 118 Å². The topological polar surface area (TPSA) is 292 Å². The van der Waals surface area contributed by atoms with Crippen LogP contribution in [0.1, 0.15) is 148 Å². The van der Waals surface area contributed by atoms with Crippen molar-refractivity contribution < 1.29 is 61.0 Å². The Bertz CT molecular complexity index is 3520. The molecule has 4 aromatic carbocycles. The number of benzene rings is 4. The van der Waals surface area contributed by atoms with Crippen LogP contribution in [0.15, 0.2) is 112 Å². The zero-order chi connectivity index (χ0) is 66.2. The molecule has 26 heteroatoms. The van der Waals surface area contributed by atoms with Gasteiger partial charge in [-0.1, -0.05) is 157 Å². The summed E-state index contributed by atoms with van der Waals surface area (Å²) < 4.78 is 38.5. The van der Waals surface area contributed by atoms with Gasteiger partial charge in [-0.05, 0) is 94.6 Å². The van der Waals surface area contributed by atoms with Crippen molar-refractivity contribution in [2.45, 2.75) is 173 Å². The van der Waals surface area contributed by atoms with E-state index in [-0.39, 0.29) is 62.7 Å². The molecule has 7 amide bonds. The Morgan fingerprint density at radius 3 is 1.79 bits per heavy atom. The van der Waals surface area contributed by atoms with Crippen molar-refractivity contribution in [3.63, 3.8) is 0 Å². The predicted molar refractivity (Wildman–Crippen MR) is 346 cm³/mol. The maximum absolute atomic E-state index is 14.0. The average Bonchev–Trinajstić information content (AvgIpc) is 1.67. The van der Waals surface area contributed by atoms with Gasteiger partial charge >= 0.3 is 12.2 Å². The number of nitrogens with zero attached hydrogens (tertiary/aromatic N) is 6. The van der Waals surface area contributed by atoms with Gasteiger partial charge in [-0.3, -0.25) is 43.6 Å². The van der Waals surface area contributed by atoms with Gasteiger partial charge < -0.3 is 25.4 Å². The van der Waals surface area contributed by atoms with E-state index in [2.05, 4.69) is 44.7 Å². The van der Waals surface area contributed by atoms with E-state index < -0.39 is 87.1 Å². The molecule has 4 aromatic rings. The SMILES string of the molecule is CCCCCCCCNC(=O)c1ccc(NC(=O)C(C(=O)C2=NN(Cc3ccccc3)CC2)N2C(=O)OC(C)(C)C2=O)c(Cl)c1.CCCCCCCCNS(=O)(=O)c1ccc(NC(=O)C(C(=O)C2=NN(c3ccccc3)C(C)C2C)N2C(=O)OC(C)C2=O)c(Cl)c1. The van der Waals surface area contributed by atoms with E-state index in [1.54, 1.807) is 16.9 Å². The maximum Gasteiger partial charge on any atom is 0.418 e. The number of carbonyl (C=O) groups is 9. The van der Waals surface area contributed by atoms with Crippen LogP contribution >= 0.6 is 23.2 Å². The lowest BCUT2D eigenvalue weighted by Crippen LogP contribution is -2.54. The number of hydrogen-bond donors (Lipinski definition) is 4. The Hall–Kier alpha value is -8.06. The molecule has 4 aliphatic rings. The molecule has 4 aliphatic heterocycles. The molecular weight excluding hydrogens is 1230 g/mol. The van der Waals surface area contributed by atoms with Gasteiger partial charge in [0.05, 0.1) is 44.6 Å². The van der Waals surface area contributed by atoms with Crippen LogP contribution in [0, 0.1) is 5.92 Å². The minimum Gasteiger partial charge on any atom is -0.436 e. The molecule has 0 saturated carbocycles. The van der Waals surface area contributed by atoms with Gasteiger partial charge in [0.25, 0.3) is 29.5 Å². The predicted octanol–water partition coefficient (Wildman–Crippen LogP) is 10.4. The Kier molecular flexibility index (Phi) is 25.0. The molecule has 5 unspecified atom stereocenters. The van der Waals surface area contributed by atoms with Crippen LogP contribution in [0.4, 0.5) is 26.7 Å². The second-order valence-corrected chi connectivity index (χ2v) is 25.8. The summed E-state index contributed by atoms with van der Waals surface area (Å²) >= 11 is 12.8. The standard InChI is InChI=1S/C33H40ClN5O6.C32H40ClN5O7S/c1-4-5-6-7-8-12-18-35-29(41)23-15-16-25(24(34)20-23)36-30(42)27(39-31(43)33(2,3)45-32(39)44)28(40)26-17-19-38(37-26)21-22-13-10-9-11-14-22;1-5-6-7-8-9-13-18-34-46(43,44)24-16-17-26(25(33)19-24)35-30(40)28(37-31(41)22(4)45-32(37)42)29(39)27-20(2)21(3)38(36-27)23-14-11-10-12-15-23/h9-11,13-16,20,27H,4-8,12,17-19,21H2,1-3H3,(H,35,41)(H,36,42);10-12,14-17,19-22,28,34H,5-9,13,18H2,1-4H3,(H,35,40). The lowest BCUT2D eigenvalue weighted by molar-refractivity contribution is -0.141. The Morgan fingerprint density at radius 1 is 0.670 bits per heavy atom. The van der Waals surface area contributed by atoms with Crippen LogP contribution in [0.2, 0.25) is 10.0 Å². The van der Waals surface area contributed by atoms with Crippen LogP contribution in [-0.2, 0) is 54.8 Å². The van der Waals surface area contributed by atoms with E-state index in [4.69, 9.17) is 32.7 Å². The van der Waals surface area contributed by atoms with E-state index in [0.29, 0.717) is 41.4 Å². The highest BCUT2D eigenvalue weighted by Gasteiger charge is 2.55. The maximum atomic E-state index is 14.0. The number of ether oxygens (including phenoxy) is 2. The number of para-hydroxylation sites is 1. The molecule has 91 heavy (non-hydrogen) atoms. The molecule has 0 aromatic heterocycles. The van der Waals surface area contributed by atoms with E-state index in [1.807, 2.05) is 67.6 Å². The number of sulfonamides is 1. The number of hydrazone groups is 2. The molecule has 0 radical (unpaired) electrons. The fraction of sp³-hybridized carbons (Fsp3) is 0.462. The largest absolute Gasteiger partial charge is 0.436 e. The van der Waals surface area contributed by atoms with Crippen molar-refractivity contribution in [3.8, 4) is 0 Å². The van der Waals surface area contributed by atoms with Gasteiger partial charge in [0.15, 0.2) is 23.8 Å². The first kappa shape index (κ1) is 70.4. The first-order valence-electron chi connectivity index (χ1n) is 30.9. The number of hydrogen-bond acceptors (Lipinski definition) is 17. The smallest absolute Gasteiger partial charge is 0.418 e. The van der Waals surface area contributed by atoms with Crippen molar-refractivity contribution in [2.24, 2.45) is 16.1 Å². The van der Waals surface area contributed by atoms with Gasteiger partial charge in [0.1, 0.15) is 11.4 Å². The summed E-state index contributed by atoms with van der Waals surface area (Å²) in [7, 11) is -3.88. The number of amides is 7. The van der Waals surface area contributed by atoms with Gasteiger partial charge in [-0.25, -0.2) is 32.5 Å². The van der Waals surface area contributed by atoms with Crippen LogP contribution in [0.25, 0.3) is 0 Å². The van der Waals surface area contributed by atoms with Gasteiger partial charge in [0.2, 0.25) is 21.6 Å². The molecule has 4 heterocycles. The molecule has 0 bridgehead atoms. The van der Waals surface area contributed by atoms with Crippen LogP contribution in [-0.4, -0.2) is 137 Å². The number of anilines is 3. The van der Waals surface area contributed by atoms with Crippen LogP contribution in [0.5, 0.6) is 0 Å². The number of ketones is 2. The molecular formula is C65H80Cl2N10O13S. The third kappa shape index (κ3) is 17.9. The molecule has 0 aliphatic carbocycles. The summed E-state index contributed by atoms with van der Waals surface area (Å²) in [5.41, 5.74) is 0.585. The zero-order valence-electron chi connectivity index (χ0n) is 52.3. The Morgan fingerprint density at radius 2 is 1.23 bits per heavy atom. The fourth-order valence-electron chi connectivity index (χ4n) is 10.5. The van der Waals surface area contributed by atoms with Gasteiger partial charge in [-0.2, -0.15) is 10.2 Å². The number of halogens is 2. The third-order valence-corrected chi connectivity index (χ3v) is 18.0. The van der Waals surface area contributed by atoms with Crippen molar-refractivity contribution in [1.82, 2.24) is 24.8 Å². The summed E-state index contributed by atoms with van der Waals surface area (Å²) in [5.74, 6) is -6.12. The van der Waals surface area contributed by atoms with Crippen molar-refractivity contribution in [1.29, 1.82) is 0 Å². The minimum absolute atomic E-state index is 0.000585. The molecule has 4 N–H and O–H groups in total. The minimum atomic E-state index is -3.88. The zero-order valence-corrected chi connectivity index (χ0v) is 54.6. The highest BCUT2D eigenvalue weighted by Crippen LogP contribution is 2.33.